The van der Waals surface area contributed by atoms with E-state index in [-0.39, 0.29) is 5.91 Å². The summed E-state index contributed by atoms with van der Waals surface area (Å²) in [6.07, 6.45) is 6.86. The van der Waals surface area contributed by atoms with Crippen LogP contribution in [0.25, 0.3) is 0 Å². The van der Waals surface area contributed by atoms with Crippen molar-refractivity contribution in [3.8, 4) is 0 Å². The van der Waals surface area contributed by atoms with Gasteiger partial charge in [0.15, 0.2) is 0 Å². The topological polar surface area (TPSA) is 65.2 Å². The van der Waals surface area contributed by atoms with Crippen LogP contribution >= 0.6 is 0 Å². The lowest BCUT2D eigenvalue weighted by atomic mass is 9.99. The molecule has 2 aromatic rings. The number of hydrogen-bond acceptors (Lipinski definition) is 4. The third kappa shape index (κ3) is 3.16. The summed E-state index contributed by atoms with van der Waals surface area (Å²) >= 11 is 0. The molecule has 26 heavy (non-hydrogen) atoms. The Morgan fingerprint density at radius 3 is 2.85 bits per heavy atom. The van der Waals surface area contributed by atoms with E-state index in [0.717, 1.165) is 52.1 Å². The first-order valence-corrected chi connectivity index (χ1v) is 9.61. The van der Waals surface area contributed by atoms with Crippen molar-refractivity contribution >= 4 is 5.91 Å². The smallest absolute Gasteiger partial charge is 0.274 e. The number of imidazole rings is 1. The van der Waals surface area contributed by atoms with E-state index < -0.39 is 0 Å². The van der Waals surface area contributed by atoms with Gasteiger partial charge >= 0.3 is 0 Å². The van der Waals surface area contributed by atoms with E-state index >= 15 is 0 Å². The lowest BCUT2D eigenvalue weighted by Crippen LogP contribution is -2.30. The first-order valence-electron chi connectivity index (χ1n) is 9.61. The van der Waals surface area contributed by atoms with Crippen molar-refractivity contribution < 1.29 is 9.53 Å². The number of nitrogens with zero attached hydrogens (tertiary/aromatic N) is 5. The number of rotatable bonds is 4. The predicted octanol–water partition coefficient (Wildman–Crippen LogP) is 2.39. The summed E-state index contributed by atoms with van der Waals surface area (Å²) in [5.74, 6) is 1.66. The summed E-state index contributed by atoms with van der Waals surface area (Å²) in [5.41, 5.74) is 1.72. The van der Waals surface area contributed by atoms with Gasteiger partial charge < -0.3 is 14.2 Å². The molecule has 2 saturated heterocycles. The highest BCUT2D eigenvalue weighted by Gasteiger charge is 2.32. The van der Waals surface area contributed by atoms with Gasteiger partial charge in [-0.15, -0.1) is 0 Å². The quantitative estimate of drug-likeness (QED) is 0.843. The van der Waals surface area contributed by atoms with Crippen molar-refractivity contribution in [1.29, 1.82) is 0 Å². The molecule has 0 bridgehead atoms. The minimum absolute atomic E-state index is 0.0325. The van der Waals surface area contributed by atoms with E-state index in [1.165, 1.54) is 11.5 Å². The number of hydrogen-bond donors (Lipinski definition) is 0. The average molecular weight is 357 g/mol. The fraction of sp³-hybridized carbons (Fsp3) is 0.632. The summed E-state index contributed by atoms with van der Waals surface area (Å²) in [5, 5.41) is 4.36. The molecular weight excluding hydrogens is 330 g/mol. The van der Waals surface area contributed by atoms with Crippen LogP contribution in [-0.2, 0) is 11.3 Å². The molecule has 1 unspecified atom stereocenters. The van der Waals surface area contributed by atoms with Gasteiger partial charge in [-0.05, 0) is 39.2 Å². The highest BCUT2D eigenvalue weighted by Crippen LogP contribution is 2.32. The molecule has 2 aliphatic heterocycles. The largest absolute Gasteiger partial charge is 0.381 e. The maximum atomic E-state index is 12.8. The van der Waals surface area contributed by atoms with Crippen LogP contribution in [0.4, 0.5) is 0 Å². The van der Waals surface area contributed by atoms with Crippen LogP contribution in [0.15, 0.2) is 18.5 Å². The lowest BCUT2D eigenvalue weighted by Gasteiger charge is -2.26. The standard InChI is InChI=1S/C19H27N5O2/c1-3-23-9-5-17(21-23)19(25)22-8-4-16(13-22)24-14(2)12-20-18(24)15-6-10-26-11-7-15/h5,9,12,15-16H,3-4,6-8,10-11,13H2,1-2H3. The van der Waals surface area contributed by atoms with Crippen molar-refractivity contribution in [2.45, 2.75) is 51.6 Å². The molecule has 4 heterocycles. The molecule has 7 nitrogen and oxygen atoms in total. The summed E-state index contributed by atoms with van der Waals surface area (Å²) in [7, 11) is 0. The van der Waals surface area contributed by atoms with Crippen LogP contribution in [0.3, 0.4) is 0 Å². The van der Waals surface area contributed by atoms with Gasteiger partial charge in [0.1, 0.15) is 11.5 Å². The number of carbonyl (C=O) groups is 1. The monoisotopic (exact) mass is 357 g/mol. The molecule has 0 spiro atoms. The molecular formula is C19H27N5O2. The maximum Gasteiger partial charge on any atom is 0.274 e. The van der Waals surface area contributed by atoms with Gasteiger partial charge in [0, 0.05) is 56.9 Å². The number of aromatic nitrogens is 4. The van der Waals surface area contributed by atoms with Crippen LogP contribution in [0.1, 0.15) is 60.2 Å². The van der Waals surface area contributed by atoms with Gasteiger partial charge in [-0.2, -0.15) is 5.10 Å². The Bertz CT molecular complexity index is 775. The predicted molar refractivity (Wildman–Crippen MR) is 97.2 cm³/mol. The van der Waals surface area contributed by atoms with E-state index in [9.17, 15) is 4.79 Å². The van der Waals surface area contributed by atoms with Gasteiger partial charge in [0.25, 0.3) is 5.91 Å². The molecule has 2 aliphatic rings. The number of carbonyl (C=O) groups excluding carboxylic acids is 1. The van der Waals surface area contributed by atoms with Crippen LogP contribution in [-0.4, -0.2) is 56.4 Å². The molecule has 2 aromatic heterocycles. The van der Waals surface area contributed by atoms with Crippen LogP contribution in [0, 0.1) is 6.92 Å². The SMILES string of the molecule is CCn1ccc(C(=O)N2CCC(n3c(C)cnc3C3CCOCC3)C2)n1. The first-order chi connectivity index (χ1) is 12.7. The fourth-order valence-corrected chi connectivity index (χ4v) is 4.15. The molecule has 140 valence electrons. The summed E-state index contributed by atoms with van der Waals surface area (Å²) in [4.78, 5) is 19.4. The zero-order valence-corrected chi connectivity index (χ0v) is 15.6. The molecule has 2 fully saturated rings. The number of amides is 1. The Morgan fingerprint density at radius 2 is 2.12 bits per heavy atom. The Labute approximate surface area is 154 Å². The van der Waals surface area contributed by atoms with Crippen LogP contribution in [0.5, 0.6) is 0 Å². The Kier molecular flexibility index (Phi) is 4.80. The Morgan fingerprint density at radius 1 is 1.31 bits per heavy atom. The third-order valence-corrected chi connectivity index (χ3v) is 5.60. The molecule has 4 rings (SSSR count). The van der Waals surface area contributed by atoms with Crippen molar-refractivity contribution in [3.63, 3.8) is 0 Å². The van der Waals surface area contributed by atoms with Crippen molar-refractivity contribution in [2.24, 2.45) is 0 Å². The highest BCUT2D eigenvalue weighted by molar-refractivity contribution is 5.92. The Hall–Kier alpha value is -2.15. The molecule has 7 heteroatoms. The number of likely N-dealkylation sites (tertiary alicyclic amines) is 1. The zero-order chi connectivity index (χ0) is 18.1. The van der Waals surface area contributed by atoms with Gasteiger partial charge in [0.05, 0.1) is 6.04 Å². The van der Waals surface area contributed by atoms with Gasteiger partial charge in [-0.1, -0.05) is 0 Å². The van der Waals surface area contributed by atoms with Gasteiger partial charge in [-0.3, -0.25) is 9.48 Å². The second-order valence-electron chi connectivity index (χ2n) is 7.26. The molecule has 0 N–H and O–H groups in total. The van der Waals surface area contributed by atoms with Crippen LogP contribution in [0.2, 0.25) is 0 Å². The highest BCUT2D eigenvalue weighted by atomic mass is 16.5. The van der Waals surface area contributed by atoms with E-state index in [1.54, 1.807) is 4.68 Å². The van der Waals surface area contributed by atoms with Gasteiger partial charge in [-0.25, -0.2) is 4.98 Å². The molecule has 1 amide bonds. The fourth-order valence-electron chi connectivity index (χ4n) is 4.15. The molecule has 0 aliphatic carbocycles. The second-order valence-corrected chi connectivity index (χ2v) is 7.26. The average Bonchev–Trinajstić information content (AvgIpc) is 3.41. The van der Waals surface area contributed by atoms with E-state index in [0.29, 0.717) is 17.7 Å². The minimum Gasteiger partial charge on any atom is -0.381 e. The Balaban J connectivity index is 1.50. The molecule has 0 radical (unpaired) electrons. The maximum absolute atomic E-state index is 12.8. The normalized spacial score (nSPS) is 21.5. The van der Waals surface area contributed by atoms with E-state index in [4.69, 9.17) is 9.72 Å². The van der Waals surface area contributed by atoms with Crippen LogP contribution < -0.4 is 0 Å². The zero-order valence-electron chi connectivity index (χ0n) is 15.6. The van der Waals surface area contributed by atoms with Crippen molar-refractivity contribution in [3.05, 3.63) is 35.7 Å². The van der Waals surface area contributed by atoms with E-state index in [1.807, 2.05) is 30.3 Å². The van der Waals surface area contributed by atoms with E-state index in [2.05, 4.69) is 16.6 Å². The summed E-state index contributed by atoms with van der Waals surface area (Å²) in [6.45, 7) is 8.03. The first kappa shape index (κ1) is 17.3. The molecule has 0 aromatic carbocycles. The number of ether oxygens (including phenoxy) is 1. The van der Waals surface area contributed by atoms with Gasteiger partial charge in [0.2, 0.25) is 0 Å². The minimum atomic E-state index is 0.0325. The molecule has 0 saturated carbocycles. The lowest BCUT2D eigenvalue weighted by molar-refractivity contribution is 0.0778. The number of aryl methyl sites for hydroxylation is 2. The van der Waals surface area contributed by atoms with Crippen molar-refractivity contribution in [1.82, 2.24) is 24.2 Å². The van der Waals surface area contributed by atoms with Crippen molar-refractivity contribution in [2.75, 3.05) is 26.3 Å². The molecule has 1 atom stereocenters. The third-order valence-electron chi connectivity index (χ3n) is 5.60. The second kappa shape index (κ2) is 7.23. The summed E-state index contributed by atoms with van der Waals surface area (Å²) < 4.78 is 9.67. The summed E-state index contributed by atoms with van der Waals surface area (Å²) in [6, 6.07) is 2.11.